The third kappa shape index (κ3) is 3.58. The monoisotopic (exact) mass is 347 g/mol. The smallest absolute Gasteiger partial charge is 0.165 e. The van der Waals surface area contributed by atoms with Crippen molar-refractivity contribution >= 4 is 12.4 Å². The number of halogens is 2. The number of para-hydroxylation sites is 1. The summed E-state index contributed by atoms with van der Waals surface area (Å²) in [7, 11) is 0. The summed E-state index contributed by atoms with van der Waals surface area (Å²) in [5.74, 6) is -0.158. The van der Waals surface area contributed by atoms with Crippen molar-refractivity contribution in [2.45, 2.75) is 13.5 Å². The molecule has 24 heavy (non-hydrogen) atoms. The molecule has 0 saturated carbocycles. The maximum Gasteiger partial charge on any atom is 0.165 e. The lowest BCUT2D eigenvalue weighted by Crippen LogP contribution is -1.98. The molecule has 3 aromatic rings. The lowest BCUT2D eigenvalue weighted by Gasteiger charge is -2.06. The van der Waals surface area contributed by atoms with Gasteiger partial charge in [-0.15, -0.1) is 12.4 Å². The molecule has 0 amide bonds. The fraction of sp³-hybridized carbons (Fsp3) is 0.167. The number of rotatable bonds is 5. The highest BCUT2D eigenvalue weighted by Crippen LogP contribution is 2.28. The number of benzene rings is 2. The lowest BCUT2D eigenvalue weighted by molar-refractivity contribution is 0.321. The second-order valence-electron chi connectivity index (χ2n) is 5.07. The maximum atomic E-state index is 14.1. The molecule has 0 spiro atoms. The van der Waals surface area contributed by atoms with Crippen molar-refractivity contribution in [1.82, 2.24) is 9.78 Å². The molecule has 4 nitrogen and oxygen atoms in total. The maximum absolute atomic E-state index is 14.1. The van der Waals surface area contributed by atoms with Crippen LogP contribution in [0.4, 0.5) is 4.39 Å². The summed E-state index contributed by atoms with van der Waals surface area (Å²) < 4.78 is 21.1. The molecule has 1 aromatic heterocycles. The Kier molecular flexibility index (Phi) is 5.95. The molecular weight excluding hydrogens is 329 g/mol. The predicted molar refractivity (Wildman–Crippen MR) is 95.3 cm³/mol. The van der Waals surface area contributed by atoms with Crippen molar-refractivity contribution in [3.63, 3.8) is 0 Å². The molecule has 0 saturated heterocycles. The molecule has 1 heterocycles. The summed E-state index contributed by atoms with van der Waals surface area (Å²) in [4.78, 5) is 0. The van der Waals surface area contributed by atoms with E-state index in [-0.39, 0.29) is 18.2 Å². The Hall–Kier alpha value is -2.37. The Labute approximate surface area is 146 Å². The second kappa shape index (κ2) is 7.95. The van der Waals surface area contributed by atoms with Gasteiger partial charge in [0.05, 0.1) is 18.0 Å². The number of nitrogens with zero attached hydrogens (tertiary/aromatic N) is 2. The van der Waals surface area contributed by atoms with E-state index in [9.17, 15) is 4.39 Å². The molecule has 0 unspecified atom stereocenters. The summed E-state index contributed by atoms with van der Waals surface area (Å²) in [6.45, 7) is 2.57. The van der Waals surface area contributed by atoms with Crippen LogP contribution in [0.15, 0.2) is 54.7 Å². The average Bonchev–Trinajstić information content (AvgIpc) is 3.02. The zero-order valence-electron chi connectivity index (χ0n) is 13.3. The first kappa shape index (κ1) is 18.0. The van der Waals surface area contributed by atoms with Crippen molar-refractivity contribution < 1.29 is 9.13 Å². The Bertz CT molecular complexity index is 805. The van der Waals surface area contributed by atoms with Crippen LogP contribution in [-0.2, 0) is 6.54 Å². The third-order valence-electron chi connectivity index (χ3n) is 3.54. The van der Waals surface area contributed by atoms with Crippen molar-refractivity contribution in [2.24, 2.45) is 5.73 Å². The highest BCUT2D eigenvalue weighted by molar-refractivity contribution is 5.85. The van der Waals surface area contributed by atoms with Crippen LogP contribution in [0.2, 0.25) is 0 Å². The number of hydrogen-bond acceptors (Lipinski definition) is 3. The molecule has 0 aliphatic rings. The van der Waals surface area contributed by atoms with E-state index in [0.29, 0.717) is 24.4 Å². The molecule has 3 rings (SSSR count). The molecular formula is C18H19ClFN3O. The highest BCUT2D eigenvalue weighted by Gasteiger charge is 2.13. The Morgan fingerprint density at radius 2 is 1.92 bits per heavy atom. The molecule has 6 heteroatoms. The minimum Gasteiger partial charge on any atom is -0.491 e. The van der Waals surface area contributed by atoms with E-state index < -0.39 is 5.82 Å². The van der Waals surface area contributed by atoms with Crippen LogP contribution in [0, 0.1) is 5.82 Å². The molecule has 0 bridgehead atoms. The molecule has 0 atom stereocenters. The van der Waals surface area contributed by atoms with Crippen LogP contribution < -0.4 is 10.5 Å². The van der Waals surface area contributed by atoms with Gasteiger partial charge in [-0.3, -0.25) is 0 Å². The van der Waals surface area contributed by atoms with Gasteiger partial charge in [0, 0.05) is 23.9 Å². The third-order valence-corrected chi connectivity index (χ3v) is 3.54. The summed E-state index contributed by atoms with van der Waals surface area (Å²) in [6.07, 6.45) is 1.87. The van der Waals surface area contributed by atoms with Gasteiger partial charge in [0.2, 0.25) is 0 Å². The van der Waals surface area contributed by atoms with E-state index in [1.165, 1.54) is 6.07 Å². The normalized spacial score (nSPS) is 10.3. The largest absolute Gasteiger partial charge is 0.491 e. The zero-order valence-corrected chi connectivity index (χ0v) is 14.1. The Morgan fingerprint density at radius 3 is 2.54 bits per heavy atom. The molecule has 0 radical (unpaired) electrons. The summed E-state index contributed by atoms with van der Waals surface area (Å²) >= 11 is 0. The van der Waals surface area contributed by atoms with Gasteiger partial charge in [-0.25, -0.2) is 9.07 Å². The van der Waals surface area contributed by atoms with Crippen molar-refractivity contribution in [1.29, 1.82) is 0 Å². The lowest BCUT2D eigenvalue weighted by atomic mass is 10.1. The van der Waals surface area contributed by atoms with Gasteiger partial charge >= 0.3 is 0 Å². The zero-order chi connectivity index (χ0) is 16.2. The van der Waals surface area contributed by atoms with E-state index in [0.717, 1.165) is 11.3 Å². The first-order valence-electron chi connectivity index (χ1n) is 7.49. The minimum absolute atomic E-state index is 0. The number of nitrogens with two attached hydrogens (primary N) is 1. The minimum atomic E-state index is -0.401. The number of aromatic nitrogens is 2. The van der Waals surface area contributed by atoms with Crippen molar-refractivity contribution in [3.05, 3.63) is 66.1 Å². The van der Waals surface area contributed by atoms with Crippen LogP contribution in [0.1, 0.15) is 12.5 Å². The van der Waals surface area contributed by atoms with Gasteiger partial charge < -0.3 is 10.5 Å². The summed E-state index contributed by atoms with van der Waals surface area (Å²) in [5, 5.41) is 4.57. The molecule has 126 valence electrons. The number of ether oxygens (including phenoxy) is 1. The highest BCUT2D eigenvalue weighted by atomic mass is 35.5. The van der Waals surface area contributed by atoms with E-state index in [4.69, 9.17) is 10.5 Å². The van der Waals surface area contributed by atoms with Crippen LogP contribution in [0.5, 0.6) is 5.75 Å². The van der Waals surface area contributed by atoms with Crippen LogP contribution in [0.3, 0.4) is 0 Å². The average molecular weight is 348 g/mol. The summed E-state index contributed by atoms with van der Waals surface area (Å²) in [5.41, 5.74) is 8.97. The fourth-order valence-corrected chi connectivity index (χ4v) is 2.44. The topological polar surface area (TPSA) is 53.1 Å². The van der Waals surface area contributed by atoms with E-state index in [1.807, 2.05) is 43.5 Å². The van der Waals surface area contributed by atoms with E-state index >= 15 is 0 Å². The molecule has 0 aliphatic heterocycles. The van der Waals surface area contributed by atoms with Crippen molar-refractivity contribution in [3.8, 4) is 22.7 Å². The summed E-state index contributed by atoms with van der Waals surface area (Å²) in [6, 6.07) is 14.6. The molecule has 2 aromatic carbocycles. The van der Waals surface area contributed by atoms with Crippen LogP contribution >= 0.6 is 12.4 Å². The molecule has 0 aliphatic carbocycles. The Morgan fingerprint density at radius 1 is 1.17 bits per heavy atom. The van der Waals surface area contributed by atoms with Gasteiger partial charge in [-0.1, -0.05) is 18.2 Å². The van der Waals surface area contributed by atoms with E-state index in [1.54, 1.807) is 16.8 Å². The quantitative estimate of drug-likeness (QED) is 0.760. The SMILES string of the molecule is CCOc1ccc(-c2nn(-c3ccccc3)cc2CN)cc1F.Cl. The van der Waals surface area contributed by atoms with E-state index in [2.05, 4.69) is 5.10 Å². The molecule has 2 N–H and O–H groups in total. The van der Waals surface area contributed by atoms with Crippen molar-refractivity contribution in [2.75, 3.05) is 6.61 Å². The predicted octanol–water partition coefficient (Wildman–Crippen LogP) is 3.96. The van der Waals surface area contributed by atoms with Crippen LogP contribution in [-0.4, -0.2) is 16.4 Å². The fourth-order valence-electron chi connectivity index (χ4n) is 2.44. The van der Waals surface area contributed by atoms with Gasteiger partial charge in [-0.2, -0.15) is 5.10 Å². The van der Waals surface area contributed by atoms with Gasteiger partial charge in [0.1, 0.15) is 0 Å². The van der Waals surface area contributed by atoms with Gasteiger partial charge in [0.25, 0.3) is 0 Å². The second-order valence-corrected chi connectivity index (χ2v) is 5.07. The van der Waals surface area contributed by atoms with Gasteiger partial charge in [-0.05, 0) is 37.3 Å². The first-order valence-corrected chi connectivity index (χ1v) is 7.49. The number of hydrogen-bond donors (Lipinski definition) is 1. The standard InChI is InChI=1S/C18H18FN3O.ClH/c1-2-23-17-9-8-13(10-16(17)19)18-14(11-20)12-22(21-18)15-6-4-3-5-7-15;/h3-10,12H,2,11,20H2,1H3;1H. The first-order chi connectivity index (χ1) is 11.2. The van der Waals surface area contributed by atoms with Crippen LogP contribution in [0.25, 0.3) is 16.9 Å². The Balaban J connectivity index is 0.00000208. The van der Waals surface area contributed by atoms with Gasteiger partial charge in [0.15, 0.2) is 11.6 Å². The molecule has 0 fully saturated rings.